The Balaban J connectivity index is 0.00000108. The Hall–Kier alpha value is -0.990. The van der Waals surface area contributed by atoms with Crippen molar-refractivity contribution in [2.75, 3.05) is 0 Å². The second-order valence-electron chi connectivity index (χ2n) is 5.00. The van der Waals surface area contributed by atoms with Gasteiger partial charge in [-0.1, -0.05) is 31.0 Å². The van der Waals surface area contributed by atoms with Gasteiger partial charge in [0, 0.05) is 30.2 Å². The predicted molar refractivity (Wildman–Crippen MR) is 74.4 cm³/mol. The van der Waals surface area contributed by atoms with Gasteiger partial charge in [-0.15, -0.1) is 12.4 Å². The van der Waals surface area contributed by atoms with E-state index in [2.05, 4.69) is 42.1 Å². The summed E-state index contributed by atoms with van der Waals surface area (Å²) in [6.07, 6.45) is 6.09. The molecule has 3 rings (SSSR count). The van der Waals surface area contributed by atoms with Crippen molar-refractivity contribution in [1.82, 2.24) is 4.57 Å². The molecule has 1 atom stereocenters. The van der Waals surface area contributed by atoms with Gasteiger partial charge in [-0.25, -0.2) is 0 Å². The van der Waals surface area contributed by atoms with Crippen LogP contribution in [0.4, 0.5) is 0 Å². The fraction of sp³-hybridized carbons (Fsp3) is 0.429. The molecule has 1 heterocycles. The number of nitrogens with two attached hydrogens (primary N) is 1. The summed E-state index contributed by atoms with van der Waals surface area (Å²) in [5.74, 6) is 0.883. The van der Waals surface area contributed by atoms with Crippen molar-refractivity contribution >= 4 is 23.3 Å². The van der Waals surface area contributed by atoms with Crippen molar-refractivity contribution in [3.63, 3.8) is 0 Å². The van der Waals surface area contributed by atoms with Crippen LogP contribution in [0.2, 0.25) is 0 Å². The molecule has 0 amide bonds. The van der Waals surface area contributed by atoms with Gasteiger partial charge in [0.1, 0.15) is 0 Å². The number of para-hydroxylation sites is 1. The lowest BCUT2D eigenvalue weighted by atomic mass is 10.0. The summed E-state index contributed by atoms with van der Waals surface area (Å²) in [4.78, 5) is 0. The van der Waals surface area contributed by atoms with E-state index in [-0.39, 0.29) is 18.4 Å². The summed E-state index contributed by atoms with van der Waals surface area (Å²) in [5, 5.41) is 1.32. The summed E-state index contributed by atoms with van der Waals surface area (Å²) in [6.45, 7) is 0. The first-order valence-electron chi connectivity index (χ1n) is 6.05. The zero-order valence-corrected chi connectivity index (χ0v) is 10.9. The smallest absolute Gasteiger partial charge is 0.0481 e. The number of hydrogen-bond donors (Lipinski definition) is 1. The molecular formula is C14H19ClN2. The molecule has 1 aliphatic carbocycles. The van der Waals surface area contributed by atoms with Crippen LogP contribution in [0.15, 0.2) is 30.5 Å². The first kappa shape index (κ1) is 12.5. The normalized spacial score (nSPS) is 16.8. The predicted octanol–water partition coefficient (Wildman–Crippen LogP) is 3.40. The number of benzene rings is 1. The van der Waals surface area contributed by atoms with Crippen molar-refractivity contribution < 1.29 is 0 Å². The Morgan fingerprint density at radius 1 is 1.35 bits per heavy atom. The Labute approximate surface area is 108 Å². The highest BCUT2D eigenvalue weighted by atomic mass is 35.5. The average Bonchev–Trinajstić information content (AvgIpc) is 3.03. The van der Waals surface area contributed by atoms with Gasteiger partial charge in [0.2, 0.25) is 0 Å². The van der Waals surface area contributed by atoms with Crippen LogP contribution in [-0.4, -0.2) is 4.57 Å². The molecule has 2 aromatic rings. The summed E-state index contributed by atoms with van der Waals surface area (Å²) in [6, 6.07) is 8.72. The fourth-order valence-electron chi connectivity index (χ4n) is 2.51. The molecule has 2 N–H and O–H groups in total. The van der Waals surface area contributed by atoms with Crippen LogP contribution < -0.4 is 5.73 Å². The molecule has 1 saturated carbocycles. The molecule has 0 bridgehead atoms. The van der Waals surface area contributed by atoms with Gasteiger partial charge in [-0.3, -0.25) is 0 Å². The fourth-order valence-corrected chi connectivity index (χ4v) is 2.51. The number of aromatic nitrogens is 1. The van der Waals surface area contributed by atoms with Crippen LogP contribution in [-0.2, 0) is 7.05 Å². The zero-order chi connectivity index (χ0) is 11.1. The number of fused-ring (bicyclic) bond motifs is 1. The van der Waals surface area contributed by atoms with E-state index < -0.39 is 0 Å². The van der Waals surface area contributed by atoms with E-state index >= 15 is 0 Å². The highest BCUT2D eigenvalue weighted by molar-refractivity contribution is 5.85. The van der Waals surface area contributed by atoms with Gasteiger partial charge in [0.05, 0.1) is 0 Å². The maximum absolute atomic E-state index is 6.30. The Bertz CT molecular complexity index is 514. The third-order valence-electron chi connectivity index (χ3n) is 3.61. The van der Waals surface area contributed by atoms with Gasteiger partial charge in [-0.2, -0.15) is 0 Å². The molecule has 3 heteroatoms. The molecule has 92 valence electrons. The monoisotopic (exact) mass is 250 g/mol. The molecule has 0 spiro atoms. The minimum absolute atomic E-state index is 0. The third kappa shape index (κ3) is 2.33. The number of halogens is 1. The number of aryl methyl sites for hydroxylation is 1. The number of rotatable bonds is 3. The van der Waals surface area contributed by atoms with Crippen LogP contribution in [0.25, 0.3) is 10.9 Å². The standard InChI is InChI=1S/C14H18N2.ClH/c1-16-9-12(13(15)8-10-6-7-10)11-4-2-3-5-14(11)16;/h2-5,9-10,13H,6-8,15H2,1H3;1H/t13-;/m1./s1. The SMILES string of the molecule is Cl.Cn1cc([C@H](N)CC2CC2)c2ccccc21. The van der Waals surface area contributed by atoms with Crippen LogP contribution in [0, 0.1) is 5.92 Å². The molecule has 17 heavy (non-hydrogen) atoms. The first-order valence-corrected chi connectivity index (χ1v) is 6.05. The lowest BCUT2D eigenvalue weighted by molar-refractivity contribution is 0.599. The van der Waals surface area contributed by atoms with Crippen molar-refractivity contribution in [2.45, 2.75) is 25.3 Å². The molecule has 1 aliphatic rings. The van der Waals surface area contributed by atoms with Crippen molar-refractivity contribution in [1.29, 1.82) is 0 Å². The van der Waals surface area contributed by atoms with E-state index in [0.717, 1.165) is 12.3 Å². The largest absolute Gasteiger partial charge is 0.350 e. The molecule has 1 aromatic carbocycles. The molecule has 2 nitrogen and oxygen atoms in total. The molecule has 0 radical (unpaired) electrons. The minimum Gasteiger partial charge on any atom is -0.350 e. The van der Waals surface area contributed by atoms with Crippen molar-refractivity contribution in [3.8, 4) is 0 Å². The summed E-state index contributed by atoms with van der Waals surface area (Å²) in [5.41, 5.74) is 8.89. The molecule has 1 aromatic heterocycles. The summed E-state index contributed by atoms with van der Waals surface area (Å²) >= 11 is 0. The van der Waals surface area contributed by atoms with Gasteiger partial charge < -0.3 is 10.3 Å². The Morgan fingerprint density at radius 2 is 2.06 bits per heavy atom. The van der Waals surface area contributed by atoms with Gasteiger partial charge in [-0.05, 0) is 24.0 Å². The summed E-state index contributed by atoms with van der Waals surface area (Å²) < 4.78 is 2.18. The highest BCUT2D eigenvalue weighted by Crippen LogP contribution is 2.38. The minimum atomic E-state index is 0. The number of hydrogen-bond acceptors (Lipinski definition) is 1. The van der Waals surface area contributed by atoms with E-state index in [0.29, 0.717) is 0 Å². The molecule has 0 aliphatic heterocycles. The average molecular weight is 251 g/mol. The van der Waals surface area contributed by atoms with Gasteiger partial charge in [0.15, 0.2) is 0 Å². The quantitative estimate of drug-likeness (QED) is 0.889. The Kier molecular flexibility index (Phi) is 3.45. The van der Waals surface area contributed by atoms with E-state index in [4.69, 9.17) is 5.73 Å². The zero-order valence-electron chi connectivity index (χ0n) is 10.1. The number of nitrogens with zero attached hydrogens (tertiary/aromatic N) is 1. The Morgan fingerprint density at radius 3 is 2.76 bits per heavy atom. The topological polar surface area (TPSA) is 30.9 Å². The molecule has 1 fully saturated rings. The van der Waals surface area contributed by atoms with Crippen LogP contribution in [0.3, 0.4) is 0 Å². The second-order valence-corrected chi connectivity index (χ2v) is 5.00. The summed E-state index contributed by atoms with van der Waals surface area (Å²) in [7, 11) is 2.09. The lowest BCUT2D eigenvalue weighted by Crippen LogP contribution is -2.10. The van der Waals surface area contributed by atoms with E-state index in [1.54, 1.807) is 0 Å². The van der Waals surface area contributed by atoms with E-state index in [1.165, 1.54) is 29.3 Å². The maximum Gasteiger partial charge on any atom is 0.0481 e. The van der Waals surface area contributed by atoms with E-state index in [1.807, 2.05) is 0 Å². The molecule has 0 unspecified atom stereocenters. The third-order valence-corrected chi connectivity index (χ3v) is 3.61. The van der Waals surface area contributed by atoms with Gasteiger partial charge in [0.25, 0.3) is 0 Å². The van der Waals surface area contributed by atoms with Crippen LogP contribution >= 0.6 is 12.4 Å². The van der Waals surface area contributed by atoms with Crippen molar-refractivity contribution in [3.05, 3.63) is 36.0 Å². The molecular weight excluding hydrogens is 232 g/mol. The first-order chi connectivity index (χ1) is 7.75. The van der Waals surface area contributed by atoms with E-state index in [9.17, 15) is 0 Å². The van der Waals surface area contributed by atoms with Crippen molar-refractivity contribution in [2.24, 2.45) is 18.7 Å². The second kappa shape index (κ2) is 4.71. The van der Waals surface area contributed by atoms with Crippen LogP contribution in [0.1, 0.15) is 30.9 Å². The highest BCUT2D eigenvalue weighted by Gasteiger charge is 2.25. The van der Waals surface area contributed by atoms with Crippen LogP contribution in [0.5, 0.6) is 0 Å². The lowest BCUT2D eigenvalue weighted by Gasteiger charge is -2.09. The maximum atomic E-state index is 6.30. The molecule has 0 saturated heterocycles. The van der Waals surface area contributed by atoms with Gasteiger partial charge >= 0.3 is 0 Å².